The van der Waals surface area contributed by atoms with Crippen molar-refractivity contribution in [3.05, 3.63) is 18.7 Å². The third kappa shape index (κ3) is 5.47. The maximum atomic E-state index is 10.5. The standard InChI is InChI=1S/C10H20N2O3SSi/c1-17(2,3)12-8-7-11(10-12)6-4-5-9-16(13,14)15/h7-8,10H,4-6,9H2,1-3H3/p+1. The van der Waals surface area contributed by atoms with Crippen molar-refractivity contribution in [1.82, 2.24) is 4.23 Å². The Morgan fingerprint density at radius 1 is 1.29 bits per heavy atom. The Labute approximate surface area is 104 Å². The summed E-state index contributed by atoms with van der Waals surface area (Å²) in [7, 11) is -5.13. The minimum atomic E-state index is -3.80. The second kappa shape index (κ2) is 5.32. The molecule has 0 amide bonds. The molecule has 1 rings (SSSR count). The van der Waals surface area contributed by atoms with Gasteiger partial charge < -0.3 is 0 Å². The average Bonchev–Trinajstić information content (AvgIpc) is 2.58. The quantitative estimate of drug-likeness (QED) is 0.367. The van der Waals surface area contributed by atoms with Crippen molar-refractivity contribution >= 4 is 18.4 Å². The molecule has 1 aromatic rings. The summed E-state index contributed by atoms with van der Waals surface area (Å²) < 4.78 is 34.0. The Morgan fingerprint density at radius 2 is 1.94 bits per heavy atom. The van der Waals surface area contributed by atoms with Gasteiger partial charge in [0.2, 0.25) is 6.33 Å². The first kappa shape index (κ1) is 14.4. The summed E-state index contributed by atoms with van der Waals surface area (Å²) in [4.78, 5) is 0. The molecule has 5 nitrogen and oxygen atoms in total. The van der Waals surface area contributed by atoms with Crippen LogP contribution in [0.4, 0.5) is 0 Å². The molecule has 98 valence electrons. The molecular weight excluding hydrogens is 256 g/mol. The van der Waals surface area contributed by atoms with Crippen LogP contribution < -0.4 is 4.57 Å². The zero-order valence-corrected chi connectivity index (χ0v) is 12.4. The molecule has 1 aromatic heterocycles. The Morgan fingerprint density at radius 3 is 2.41 bits per heavy atom. The zero-order chi connectivity index (χ0) is 13.1. The lowest BCUT2D eigenvalue weighted by Gasteiger charge is -2.09. The number of hydrogen-bond donors (Lipinski definition) is 1. The fourth-order valence-electron chi connectivity index (χ4n) is 1.50. The molecule has 0 radical (unpaired) electrons. The van der Waals surface area contributed by atoms with Crippen LogP contribution in [-0.2, 0) is 16.7 Å². The van der Waals surface area contributed by atoms with E-state index in [1.165, 1.54) is 0 Å². The van der Waals surface area contributed by atoms with E-state index in [1.54, 1.807) is 0 Å². The molecule has 0 aromatic carbocycles. The highest BCUT2D eigenvalue weighted by atomic mass is 32.2. The van der Waals surface area contributed by atoms with Crippen molar-refractivity contribution in [1.29, 1.82) is 0 Å². The number of aryl methyl sites for hydroxylation is 1. The van der Waals surface area contributed by atoms with Gasteiger partial charge in [-0.2, -0.15) is 8.42 Å². The van der Waals surface area contributed by atoms with E-state index in [0.717, 1.165) is 13.0 Å². The van der Waals surface area contributed by atoms with Gasteiger partial charge in [-0.05, 0) is 32.5 Å². The van der Waals surface area contributed by atoms with E-state index in [-0.39, 0.29) is 5.75 Å². The Balaban J connectivity index is 2.41. The highest BCUT2D eigenvalue weighted by Crippen LogP contribution is 2.03. The minimum Gasteiger partial charge on any atom is -0.288 e. The van der Waals surface area contributed by atoms with Crippen LogP contribution in [-0.4, -0.2) is 31.2 Å². The molecule has 0 fully saturated rings. The van der Waals surface area contributed by atoms with Crippen molar-refractivity contribution in [2.75, 3.05) is 5.75 Å². The maximum absolute atomic E-state index is 10.5. The van der Waals surface area contributed by atoms with E-state index < -0.39 is 18.4 Å². The van der Waals surface area contributed by atoms with E-state index in [2.05, 4.69) is 41.0 Å². The normalized spacial score (nSPS) is 12.9. The minimum absolute atomic E-state index is 0.151. The van der Waals surface area contributed by atoms with Gasteiger partial charge in [-0.25, -0.2) is 4.57 Å². The molecule has 0 aliphatic carbocycles. The molecule has 0 atom stereocenters. The predicted molar refractivity (Wildman–Crippen MR) is 69.0 cm³/mol. The lowest BCUT2D eigenvalue weighted by molar-refractivity contribution is -0.696. The average molecular weight is 277 g/mol. The zero-order valence-electron chi connectivity index (χ0n) is 10.6. The summed E-state index contributed by atoms with van der Waals surface area (Å²) in [6.45, 7) is 7.56. The predicted octanol–water partition coefficient (Wildman–Crippen LogP) is 1.13. The van der Waals surface area contributed by atoms with Gasteiger partial charge in [0.05, 0.1) is 12.3 Å². The first-order valence-corrected chi connectivity index (χ1v) is 10.8. The molecule has 0 aliphatic heterocycles. The molecule has 7 heteroatoms. The lowest BCUT2D eigenvalue weighted by atomic mass is 10.3. The van der Waals surface area contributed by atoms with E-state index in [4.69, 9.17) is 4.55 Å². The summed E-state index contributed by atoms with van der Waals surface area (Å²) in [6.07, 6.45) is 7.38. The molecule has 1 N–H and O–H groups in total. The second-order valence-electron chi connectivity index (χ2n) is 5.22. The summed E-state index contributed by atoms with van der Waals surface area (Å²) in [5.41, 5.74) is 0. The maximum Gasteiger partial charge on any atom is 0.264 e. The molecule has 1 heterocycles. The van der Waals surface area contributed by atoms with E-state index >= 15 is 0 Å². The largest absolute Gasteiger partial charge is 0.288 e. The van der Waals surface area contributed by atoms with Crippen molar-refractivity contribution in [3.8, 4) is 0 Å². The Hall–Kier alpha value is -0.663. The van der Waals surface area contributed by atoms with E-state index in [0.29, 0.717) is 6.42 Å². The number of aromatic nitrogens is 2. The summed E-state index contributed by atoms with van der Waals surface area (Å²) in [6, 6.07) is 0. The molecule has 0 bridgehead atoms. The molecule has 0 saturated carbocycles. The van der Waals surface area contributed by atoms with E-state index in [1.807, 2.05) is 6.20 Å². The van der Waals surface area contributed by atoms with Gasteiger partial charge >= 0.3 is 0 Å². The first-order chi connectivity index (χ1) is 7.68. The highest BCUT2D eigenvalue weighted by Gasteiger charge is 2.23. The number of hydrogen-bond acceptors (Lipinski definition) is 2. The molecular formula is C10H21N2O3SSi+. The molecule has 0 aliphatic rings. The van der Waals surface area contributed by atoms with Crippen LogP contribution in [0.25, 0.3) is 0 Å². The number of nitrogens with zero attached hydrogens (tertiary/aromatic N) is 2. The molecule has 0 spiro atoms. The van der Waals surface area contributed by atoms with Crippen molar-refractivity contribution in [2.24, 2.45) is 0 Å². The van der Waals surface area contributed by atoms with Gasteiger partial charge in [0, 0.05) is 0 Å². The van der Waals surface area contributed by atoms with Crippen LogP contribution in [0.15, 0.2) is 18.7 Å². The molecule has 0 unspecified atom stereocenters. The van der Waals surface area contributed by atoms with Gasteiger partial charge in [-0.15, -0.1) is 0 Å². The van der Waals surface area contributed by atoms with Gasteiger partial charge in [0.15, 0.2) is 0 Å². The van der Waals surface area contributed by atoms with E-state index in [9.17, 15) is 8.42 Å². The van der Waals surface area contributed by atoms with Gasteiger partial charge in [0.25, 0.3) is 18.4 Å². The van der Waals surface area contributed by atoms with Crippen LogP contribution in [0.5, 0.6) is 0 Å². The topological polar surface area (TPSA) is 63.2 Å². The summed E-state index contributed by atoms with van der Waals surface area (Å²) in [5, 5.41) is 0. The van der Waals surface area contributed by atoms with Crippen LogP contribution in [0.1, 0.15) is 12.8 Å². The van der Waals surface area contributed by atoms with Gasteiger partial charge in [0.1, 0.15) is 12.4 Å². The Bertz CT molecular complexity index is 462. The lowest BCUT2D eigenvalue weighted by Crippen LogP contribution is -2.36. The highest BCUT2D eigenvalue weighted by molar-refractivity contribution is 7.85. The fourth-order valence-corrected chi connectivity index (χ4v) is 3.08. The SMILES string of the molecule is C[Si](C)(C)n1cc[n+](CCCCS(=O)(=O)O)c1. The van der Waals surface area contributed by atoms with Crippen molar-refractivity contribution in [2.45, 2.75) is 39.0 Å². The van der Waals surface area contributed by atoms with Crippen LogP contribution >= 0.6 is 0 Å². The summed E-state index contributed by atoms with van der Waals surface area (Å²) in [5.74, 6) is -0.151. The van der Waals surface area contributed by atoms with Gasteiger partial charge in [-0.1, -0.05) is 0 Å². The van der Waals surface area contributed by atoms with Crippen molar-refractivity contribution < 1.29 is 17.5 Å². The third-order valence-electron chi connectivity index (χ3n) is 2.53. The second-order valence-corrected chi connectivity index (χ2v) is 11.7. The molecule has 0 saturated heterocycles. The summed E-state index contributed by atoms with van der Waals surface area (Å²) >= 11 is 0. The third-order valence-corrected chi connectivity index (χ3v) is 5.15. The van der Waals surface area contributed by atoms with Crippen molar-refractivity contribution in [3.63, 3.8) is 0 Å². The van der Waals surface area contributed by atoms with Gasteiger partial charge in [-0.3, -0.25) is 8.79 Å². The molecule has 17 heavy (non-hydrogen) atoms. The monoisotopic (exact) mass is 277 g/mol. The number of unbranched alkanes of at least 4 members (excludes halogenated alkanes) is 1. The smallest absolute Gasteiger partial charge is 0.264 e. The van der Waals surface area contributed by atoms with Crippen LogP contribution in [0.3, 0.4) is 0 Å². The van der Waals surface area contributed by atoms with Crippen LogP contribution in [0.2, 0.25) is 19.6 Å². The van der Waals surface area contributed by atoms with Crippen LogP contribution in [0, 0.1) is 0 Å². The number of imidazole rings is 1. The Kier molecular flexibility index (Phi) is 4.51. The number of rotatable bonds is 6. The fraction of sp³-hybridized carbons (Fsp3) is 0.700. The first-order valence-electron chi connectivity index (χ1n) is 5.71.